The smallest absolute Gasteiger partial charge is 0.127 e. The molecule has 0 saturated heterocycles. The highest BCUT2D eigenvalue weighted by Crippen LogP contribution is 2.49. The number of benzene rings is 2. The third-order valence-electron chi connectivity index (χ3n) is 3.58. The van der Waals surface area contributed by atoms with Crippen molar-refractivity contribution in [2.24, 2.45) is 0 Å². The average molecular weight is 247 g/mol. The number of hydrogen-bond acceptors (Lipinski definition) is 0. The van der Waals surface area contributed by atoms with Crippen LogP contribution in [0.25, 0.3) is 11.1 Å². The zero-order valence-corrected chi connectivity index (χ0v) is 10.5. The van der Waals surface area contributed by atoms with Crippen LogP contribution < -0.4 is 0 Å². The summed E-state index contributed by atoms with van der Waals surface area (Å²) in [6.45, 7) is 4.08. The minimum absolute atomic E-state index is 0.139. The average Bonchev–Trinajstić information content (AvgIpc) is 2.49. The van der Waals surface area contributed by atoms with E-state index in [9.17, 15) is 4.39 Å². The Kier molecular flexibility index (Phi) is 2.11. The van der Waals surface area contributed by atoms with E-state index in [1.54, 1.807) is 6.07 Å². The summed E-state index contributed by atoms with van der Waals surface area (Å²) in [5, 5.41) is 0.699. The van der Waals surface area contributed by atoms with Crippen LogP contribution in [0.3, 0.4) is 0 Å². The lowest BCUT2D eigenvalue weighted by atomic mass is 9.82. The summed E-state index contributed by atoms with van der Waals surface area (Å²) in [7, 11) is 0. The predicted molar refractivity (Wildman–Crippen MR) is 69.0 cm³/mol. The van der Waals surface area contributed by atoms with Gasteiger partial charge in [-0.25, -0.2) is 4.39 Å². The van der Waals surface area contributed by atoms with Gasteiger partial charge >= 0.3 is 0 Å². The Balaban J connectivity index is 2.42. The monoisotopic (exact) mass is 246 g/mol. The zero-order chi connectivity index (χ0) is 12.2. The molecule has 1 aliphatic carbocycles. The van der Waals surface area contributed by atoms with E-state index in [-0.39, 0.29) is 11.2 Å². The van der Waals surface area contributed by atoms with E-state index in [0.29, 0.717) is 5.02 Å². The molecule has 0 amide bonds. The van der Waals surface area contributed by atoms with Gasteiger partial charge in [-0.15, -0.1) is 0 Å². The van der Waals surface area contributed by atoms with Crippen LogP contribution >= 0.6 is 11.6 Å². The third kappa shape index (κ3) is 1.35. The molecule has 17 heavy (non-hydrogen) atoms. The number of halogens is 2. The van der Waals surface area contributed by atoms with Gasteiger partial charge in [-0.1, -0.05) is 43.6 Å². The first kappa shape index (κ1) is 10.8. The highest BCUT2D eigenvalue weighted by Gasteiger charge is 2.37. The second kappa shape index (κ2) is 3.33. The van der Waals surface area contributed by atoms with Crippen LogP contribution in [-0.4, -0.2) is 0 Å². The Labute approximate surface area is 105 Å². The van der Waals surface area contributed by atoms with E-state index in [0.717, 1.165) is 22.3 Å². The number of fused-ring (bicyclic) bond motifs is 3. The van der Waals surface area contributed by atoms with Crippen molar-refractivity contribution in [2.75, 3.05) is 0 Å². The molecule has 0 heterocycles. The Morgan fingerprint density at radius 3 is 2.59 bits per heavy atom. The molecule has 3 rings (SSSR count). The third-order valence-corrected chi connectivity index (χ3v) is 3.82. The molecule has 0 N–H and O–H groups in total. The highest BCUT2D eigenvalue weighted by molar-refractivity contribution is 6.30. The van der Waals surface area contributed by atoms with Crippen LogP contribution in [0.4, 0.5) is 4.39 Å². The standard InChI is InChI=1S/C15H12ClF/c1-15(2)12-8-9(16)6-7-10(12)11-4-3-5-13(17)14(11)15/h3-8H,1-2H3. The van der Waals surface area contributed by atoms with E-state index in [1.807, 2.05) is 38.1 Å². The van der Waals surface area contributed by atoms with E-state index < -0.39 is 0 Å². The van der Waals surface area contributed by atoms with Gasteiger partial charge in [-0.05, 0) is 34.9 Å². The first-order valence-electron chi connectivity index (χ1n) is 5.61. The second-order valence-electron chi connectivity index (χ2n) is 4.98. The SMILES string of the molecule is CC1(C)c2cc(Cl)ccc2-c2cccc(F)c21. The Morgan fingerprint density at radius 1 is 1.06 bits per heavy atom. The molecule has 2 aromatic rings. The van der Waals surface area contributed by atoms with E-state index in [1.165, 1.54) is 6.07 Å². The molecule has 0 nitrogen and oxygen atoms in total. The molecule has 0 aromatic heterocycles. The molecule has 0 atom stereocenters. The van der Waals surface area contributed by atoms with Crippen molar-refractivity contribution < 1.29 is 4.39 Å². The van der Waals surface area contributed by atoms with Crippen LogP contribution in [0.5, 0.6) is 0 Å². The molecule has 2 heteroatoms. The summed E-state index contributed by atoms with van der Waals surface area (Å²) in [5.74, 6) is -0.139. The van der Waals surface area contributed by atoms with Crippen molar-refractivity contribution in [3.05, 3.63) is 58.4 Å². The Hall–Kier alpha value is -1.34. The van der Waals surface area contributed by atoms with Gasteiger partial charge in [0.15, 0.2) is 0 Å². The van der Waals surface area contributed by atoms with Crippen molar-refractivity contribution in [2.45, 2.75) is 19.3 Å². The molecule has 0 spiro atoms. The Bertz CT molecular complexity index is 614. The quantitative estimate of drug-likeness (QED) is 0.627. The van der Waals surface area contributed by atoms with Crippen molar-refractivity contribution in [3.8, 4) is 11.1 Å². The van der Waals surface area contributed by atoms with Gasteiger partial charge in [0.05, 0.1) is 0 Å². The second-order valence-corrected chi connectivity index (χ2v) is 5.41. The predicted octanol–water partition coefficient (Wildman–Crippen LogP) is 4.79. The maximum absolute atomic E-state index is 14.0. The van der Waals surface area contributed by atoms with Crippen molar-refractivity contribution >= 4 is 11.6 Å². The summed E-state index contributed by atoms with van der Waals surface area (Å²) in [4.78, 5) is 0. The van der Waals surface area contributed by atoms with Gasteiger partial charge in [0.1, 0.15) is 5.82 Å². The van der Waals surface area contributed by atoms with Crippen LogP contribution in [0.15, 0.2) is 36.4 Å². The summed E-state index contributed by atoms with van der Waals surface area (Å²) in [6, 6.07) is 11.0. The fraction of sp³-hybridized carbons (Fsp3) is 0.200. The summed E-state index contributed by atoms with van der Waals surface area (Å²) < 4.78 is 14.0. The van der Waals surface area contributed by atoms with Gasteiger partial charge in [0.25, 0.3) is 0 Å². The molecule has 0 aliphatic heterocycles. The van der Waals surface area contributed by atoms with E-state index in [2.05, 4.69) is 0 Å². The van der Waals surface area contributed by atoms with Gasteiger partial charge in [0.2, 0.25) is 0 Å². The largest absolute Gasteiger partial charge is 0.207 e. The molecule has 2 aromatic carbocycles. The molecule has 0 fully saturated rings. The molecular weight excluding hydrogens is 235 g/mol. The highest BCUT2D eigenvalue weighted by atomic mass is 35.5. The lowest BCUT2D eigenvalue weighted by molar-refractivity contribution is 0.559. The Morgan fingerprint density at radius 2 is 1.82 bits per heavy atom. The first-order valence-corrected chi connectivity index (χ1v) is 5.99. The molecular formula is C15H12ClF. The van der Waals surface area contributed by atoms with Crippen LogP contribution in [-0.2, 0) is 5.41 Å². The van der Waals surface area contributed by atoms with Crippen LogP contribution in [0.1, 0.15) is 25.0 Å². The summed E-state index contributed by atoms with van der Waals surface area (Å²) in [5.41, 5.74) is 3.64. The van der Waals surface area contributed by atoms with Crippen molar-refractivity contribution in [1.82, 2.24) is 0 Å². The van der Waals surface area contributed by atoms with E-state index in [4.69, 9.17) is 11.6 Å². The summed E-state index contributed by atoms with van der Waals surface area (Å²) in [6.07, 6.45) is 0. The van der Waals surface area contributed by atoms with Crippen LogP contribution in [0, 0.1) is 5.82 Å². The minimum Gasteiger partial charge on any atom is -0.207 e. The maximum Gasteiger partial charge on any atom is 0.127 e. The van der Waals surface area contributed by atoms with E-state index >= 15 is 0 Å². The van der Waals surface area contributed by atoms with Crippen molar-refractivity contribution in [3.63, 3.8) is 0 Å². The zero-order valence-electron chi connectivity index (χ0n) is 9.72. The lowest BCUT2D eigenvalue weighted by Crippen LogP contribution is -2.16. The lowest BCUT2D eigenvalue weighted by Gasteiger charge is -2.21. The number of rotatable bonds is 0. The van der Waals surface area contributed by atoms with Gasteiger partial charge in [-0.3, -0.25) is 0 Å². The molecule has 0 bridgehead atoms. The van der Waals surface area contributed by atoms with Crippen LogP contribution in [0.2, 0.25) is 5.02 Å². The van der Waals surface area contributed by atoms with Gasteiger partial charge < -0.3 is 0 Å². The maximum atomic E-state index is 14.0. The minimum atomic E-state index is -0.319. The normalized spacial score (nSPS) is 15.5. The molecule has 86 valence electrons. The molecule has 1 aliphatic rings. The molecule has 0 saturated carbocycles. The molecule has 0 unspecified atom stereocenters. The van der Waals surface area contributed by atoms with Gasteiger partial charge in [-0.2, -0.15) is 0 Å². The number of hydrogen-bond donors (Lipinski definition) is 0. The van der Waals surface area contributed by atoms with Gasteiger partial charge in [0, 0.05) is 16.0 Å². The van der Waals surface area contributed by atoms with Crippen molar-refractivity contribution in [1.29, 1.82) is 0 Å². The first-order chi connectivity index (χ1) is 8.01. The molecule has 0 radical (unpaired) electrons. The fourth-order valence-corrected chi connectivity index (χ4v) is 2.96. The fourth-order valence-electron chi connectivity index (χ4n) is 2.79. The summed E-state index contributed by atoms with van der Waals surface area (Å²) >= 11 is 6.04. The topological polar surface area (TPSA) is 0 Å².